The minimum absolute atomic E-state index is 0.216. The van der Waals surface area contributed by atoms with Crippen molar-refractivity contribution in [2.45, 2.75) is 26.3 Å². The van der Waals surface area contributed by atoms with Gasteiger partial charge in [0.25, 0.3) is 0 Å². The molecule has 0 fully saturated rings. The molecule has 0 amide bonds. The van der Waals surface area contributed by atoms with Gasteiger partial charge < -0.3 is 4.57 Å². The molecule has 0 saturated heterocycles. The molecule has 98 valence electrons. The van der Waals surface area contributed by atoms with Crippen molar-refractivity contribution in [2.75, 3.05) is 0 Å². The molecule has 1 aliphatic heterocycles. The van der Waals surface area contributed by atoms with E-state index in [1.807, 2.05) is 10.1 Å². The van der Waals surface area contributed by atoms with Gasteiger partial charge in [-0.05, 0) is 5.92 Å². The van der Waals surface area contributed by atoms with E-state index < -0.39 is 0 Å². The molecular formula is C14H14N2O2S. The first-order chi connectivity index (χ1) is 9.11. The molecule has 3 heterocycles. The van der Waals surface area contributed by atoms with Gasteiger partial charge in [-0.15, -0.1) is 11.3 Å². The van der Waals surface area contributed by atoms with Crippen molar-refractivity contribution in [1.82, 2.24) is 9.55 Å². The Morgan fingerprint density at radius 2 is 2.32 bits per heavy atom. The minimum atomic E-state index is -0.232. The molecule has 0 radical (unpaired) electrons. The maximum absolute atomic E-state index is 11.9. The van der Waals surface area contributed by atoms with Crippen molar-refractivity contribution in [1.29, 1.82) is 0 Å². The van der Waals surface area contributed by atoms with E-state index >= 15 is 0 Å². The number of carbonyl (C=O) groups excluding carboxylic acids is 1. The van der Waals surface area contributed by atoms with Crippen molar-refractivity contribution >= 4 is 17.6 Å². The smallest absolute Gasteiger partial charge is 0.192 e. The summed E-state index contributed by atoms with van der Waals surface area (Å²) >= 11 is 1.63. The van der Waals surface area contributed by atoms with E-state index in [9.17, 15) is 9.59 Å². The third-order valence-electron chi connectivity index (χ3n) is 3.64. The van der Waals surface area contributed by atoms with Crippen LogP contribution < -0.4 is 5.43 Å². The molecule has 0 spiro atoms. The van der Waals surface area contributed by atoms with Crippen LogP contribution in [0.15, 0.2) is 22.6 Å². The molecular weight excluding hydrogens is 260 g/mol. The van der Waals surface area contributed by atoms with E-state index in [4.69, 9.17) is 0 Å². The standard InChI is InChI=1S/C14H14N2O2S/c1-8(2)10-4-13-14(15-7-19-13)11-3-12(18)9(6-17)5-16(10)11/h3,5-8,10H,4H2,1-2H3. The molecule has 1 atom stereocenters. The largest absolute Gasteiger partial charge is 0.342 e. The number of hydrogen-bond donors (Lipinski definition) is 0. The van der Waals surface area contributed by atoms with Crippen LogP contribution in [0.5, 0.6) is 0 Å². The zero-order valence-electron chi connectivity index (χ0n) is 10.8. The van der Waals surface area contributed by atoms with Gasteiger partial charge in [-0.2, -0.15) is 0 Å². The molecule has 5 heteroatoms. The number of hydrogen-bond acceptors (Lipinski definition) is 4. The molecule has 19 heavy (non-hydrogen) atoms. The lowest BCUT2D eigenvalue weighted by molar-refractivity contribution is 0.112. The number of thiazole rings is 1. The van der Waals surface area contributed by atoms with Gasteiger partial charge in [0.15, 0.2) is 11.7 Å². The monoisotopic (exact) mass is 274 g/mol. The van der Waals surface area contributed by atoms with Crippen LogP contribution in [0.1, 0.15) is 35.1 Å². The number of rotatable bonds is 2. The number of nitrogens with zero attached hydrogens (tertiary/aromatic N) is 2. The second-order valence-corrected chi connectivity index (χ2v) is 6.08. The summed E-state index contributed by atoms with van der Waals surface area (Å²) in [7, 11) is 0. The fourth-order valence-electron chi connectivity index (χ4n) is 2.59. The highest BCUT2D eigenvalue weighted by atomic mass is 32.1. The maximum atomic E-state index is 11.9. The number of pyridine rings is 1. The van der Waals surface area contributed by atoms with E-state index in [1.165, 1.54) is 10.9 Å². The summed E-state index contributed by atoms with van der Waals surface area (Å²) in [5.41, 5.74) is 3.52. The van der Waals surface area contributed by atoms with Crippen molar-refractivity contribution < 1.29 is 4.79 Å². The van der Waals surface area contributed by atoms with Gasteiger partial charge in [0.2, 0.25) is 0 Å². The van der Waals surface area contributed by atoms with Crippen LogP contribution >= 0.6 is 11.3 Å². The molecule has 2 aromatic rings. The lowest BCUT2D eigenvalue weighted by Crippen LogP contribution is -2.26. The number of carbonyl (C=O) groups is 1. The van der Waals surface area contributed by atoms with Crippen LogP contribution in [-0.4, -0.2) is 15.8 Å². The molecule has 0 saturated carbocycles. The second kappa shape index (κ2) is 4.42. The van der Waals surface area contributed by atoms with Crippen molar-refractivity contribution in [2.24, 2.45) is 5.92 Å². The summed E-state index contributed by atoms with van der Waals surface area (Å²) in [5, 5.41) is 0. The van der Waals surface area contributed by atoms with Crippen molar-refractivity contribution in [3.63, 3.8) is 0 Å². The molecule has 4 nitrogen and oxygen atoms in total. The van der Waals surface area contributed by atoms with Gasteiger partial charge >= 0.3 is 0 Å². The molecule has 0 bridgehead atoms. The lowest BCUT2D eigenvalue weighted by Gasteiger charge is -2.30. The second-order valence-electron chi connectivity index (χ2n) is 5.14. The molecule has 1 unspecified atom stereocenters. The molecule has 3 rings (SSSR count). The van der Waals surface area contributed by atoms with Crippen LogP contribution in [0.4, 0.5) is 0 Å². The fraction of sp³-hybridized carbons (Fsp3) is 0.357. The SMILES string of the molecule is CC(C)C1Cc2scnc2-c2cc(=O)c(C=O)cn21. The Labute approximate surface area is 114 Å². The van der Waals surface area contributed by atoms with Gasteiger partial charge in [0.05, 0.1) is 16.8 Å². The Balaban J connectivity index is 2.30. The zero-order chi connectivity index (χ0) is 13.6. The van der Waals surface area contributed by atoms with Crippen molar-refractivity contribution in [3.05, 3.63) is 38.4 Å². The van der Waals surface area contributed by atoms with Gasteiger partial charge in [-0.3, -0.25) is 9.59 Å². The first-order valence-corrected chi connectivity index (χ1v) is 7.14. The Morgan fingerprint density at radius 3 is 3.00 bits per heavy atom. The molecule has 0 aromatic carbocycles. The van der Waals surface area contributed by atoms with Crippen LogP contribution in [0.3, 0.4) is 0 Å². The summed E-state index contributed by atoms with van der Waals surface area (Å²) in [6.07, 6.45) is 3.22. The Bertz CT molecular complexity index is 700. The maximum Gasteiger partial charge on any atom is 0.192 e. The summed E-state index contributed by atoms with van der Waals surface area (Å²) in [4.78, 5) is 28.4. The van der Waals surface area contributed by atoms with E-state index in [0.29, 0.717) is 12.2 Å². The van der Waals surface area contributed by atoms with Gasteiger partial charge in [-0.1, -0.05) is 13.8 Å². The molecule has 0 N–H and O–H groups in total. The fourth-order valence-corrected chi connectivity index (χ4v) is 3.41. The first kappa shape index (κ1) is 12.3. The van der Waals surface area contributed by atoms with Crippen LogP contribution in [0.2, 0.25) is 0 Å². The zero-order valence-corrected chi connectivity index (χ0v) is 11.6. The normalized spacial score (nSPS) is 17.1. The summed E-state index contributed by atoms with van der Waals surface area (Å²) in [5.74, 6) is 0.427. The topological polar surface area (TPSA) is 52.0 Å². The average molecular weight is 274 g/mol. The number of aldehydes is 1. The van der Waals surface area contributed by atoms with E-state index in [-0.39, 0.29) is 17.0 Å². The van der Waals surface area contributed by atoms with Crippen LogP contribution in [0, 0.1) is 5.92 Å². The van der Waals surface area contributed by atoms with Crippen LogP contribution in [0.25, 0.3) is 11.4 Å². The Hall–Kier alpha value is -1.75. The Kier molecular flexibility index (Phi) is 2.86. The summed E-state index contributed by atoms with van der Waals surface area (Å²) in [6.45, 7) is 4.30. The third-order valence-corrected chi connectivity index (χ3v) is 4.50. The highest BCUT2D eigenvalue weighted by molar-refractivity contribution is 7.10. The number of aromatic nitrogens is 2. The van der Waals surface area contributed by atoms with E-state index in [0.717, 1.165) is 17.8 Å². The van der Waals surface area contributed by atoms with E-state index in [1.54, 1.807) is 17.5 Å². The molecule has 1 aliphatic rings. The summed E-state index contributed by atoms with van der Waals surface area (Å²) in [6, 6.07) is 1.80. The predicted molar refractivity (Wildman–Crippen MR) is 74.8 cm³/mol. The highest BCUT2D eigenvalue weighted by Gasteiger charge is 2.28. The average Bonchev–Trinajstić information content (AvgIpc) is 2.85. The molecule has 0 aliphatic carbocycles. The number of fused-ring (bicyclic) bond motifs is 3. The van der Waals surface area contributed by atoms with Gasteiger partial charge in [-0.25, -0.2) is 4.98 Å². The first-order valence-electron chi connectivity index (χ1n) is 6.26. The quantitative estimate of drug-likeness (QED) is 0.791. The minimum Gasteiger partial charge on any atom is -0.342 e. The predicted octanol–water partition coefficient (Wildman–Crippen LogP) is 2.54. The van der Waals surface area contributed by atoms with Gasteiger partial charge in [0.1, 0.15) is 5.69 Å². The van der Waals surface area contributed by atoms with E-state index in [2.05, 4.69) is 18.8 Å². The van der Waals surface area contributed by atoms with Crippen molar-refractivity contribution in [3.8, 4) is 11.4 Å². The van der Waals surface area contributed by atoms with Crippen LogP contribution in [-0.2, 0) is 6.42 Å². The highest BCUT2D eigenvalue weighted by Crippen LogP contribution is 2.38. The Morgan fingerprint density at radius 1 is 1.53 bits per heavy atom. The molecule has 2 aromatic heterocycles. The third kappa shape index (κ3) is 1.85. The van der Waals surface area contributed by atoms with Gasteiger partial charge in [0, 0.05) is 29.6 Å². The lowest BCUT2D eigenvalue weighted by atomic mass is 9.94. The summed E-state index contributed by atoms with van der Waals surface area (Å²) < 4.78 is 2.04.